The summed E-state index contributed by atoms with van der Waals surface area (Å²) in [6, 6.07) is 8.09. The summed E-state index contributed by atoms with van der Waals surface area (Å²) < 4.78 is 5.06. The normalized spacial score (nSPS) is 12.2. The summed E-state index contributed by atoms with van der Waals surface area (Å²) in [4.78, 5) is 10.2. The summed E-state index contributed by atoms with van der Waals surface area (Å²) in [5, 5.41) is 8.79. The van der Waals surface area contributed by atoms with Gasteiger partial charge in [-0.25, -0.2) is 9.98 Å². The molecule has 0 fully saturated rings. The van der Waals surface area contributed by atoms with Gasteiger partial charge in [0.1, 0.15) is 0 Å². The molecule has 0 radical (unpaired) electrons. The number of thiophene rings is 1. The summed E-state index contributed by atoms with van der Waals surface area (Å²) >= 11 is 1.79. The molecule has 1 atom stereocenters. The third-order valence-corrected chi connectivity index (χ3v) is 4.48. The standard InChI is InChI=1S/C17H24N4OS.HI/c1-4-18-17(20-10-13(2)15-6-5-9-23-15)21-12-14-7-8-16(22-3)19-11-14;/h5-9,11,13H,4,10,12H2,1-3H3,(H2,18,20,21);1H. The largest absolute Gasteiger partial charge is 0.481 e. The van der Waals surface area contributed by atoms with Gasteiger partial charge in [-0.2, -0.15) is 0 Å². The Hall–Kier alpha value is -1.35. The van der Waals surface area contributed by atoms with E-state index >= 15 is 0 Å². The quantitative estimate of drug-likeness (QED) is 0.377. The predicted molar refractivity (Wildman–Crippen MR) is 112 cm³/mol. The van der Waals surface area contributed by atoms with E-state index in [4.69, 9.17) is 4.74 Å². The van der Waals surface area contributed by atoms with E-state index in [9.17, 15) is 0 Å². The van der Waals surface area contributed by atoms with Crippen molar-refractivity contribution in [3.8, 4) is 5.88 Å². The van der Waals surface area contributed by atoms with Crippen molar-refractivity contribution in [2.45, 2.75) is 26.3 Å². The number of hydrogen-bond acceptors (Lipinski definition) is 4. The second-order valence-electron chi connectivity index (χ2n) is 5.20. The van der Waals surface area contributed by atoms with Crippen LogP contribution in [-0.4, -0.2) is 31.1 Å². The van der Waals surface area contributed by atoms with Crippen molar-refractivity contribution in [1.29, 1.82) is 0 Å². The molecule has 1 unspecified atom stereocenters. The summed E-state index contributed by atoms with van der Waals surface area (Å²) in [5.74, 6) is 1.90. The molecule has 0 bridgehead atoms. The van der Waals surface area contributed by atoms with Crippen molar-refractivity contribution in [3.63, 3.8) is 0 Å². The van der Waals surface area contributed by atoms with Gasteiger partial charge in [-0.15, -0.1) is 35.3 Å². The van der Waals surface area contributed by atoms with Gasteiger partial charge in [0, 0.05) is 36.1 Å². The molecule has 2 N–H and O–H groups in total. The van der Waals surface area contributed by atoms with Crippen LogP contribution in [0, 0.1) is 0 Å². The van der Waals surface area contributed by atoms with Crippen molar-refractivity contribution in [3.05, 3.63) is 46.3 Å². The Bertz CT molecular complexity index is 602. The molecule has 0 aromatic carbocycles. The number of ether oxygens (including phenoxy) is 1. The van der Waals surface area contributed by atoms with E-state index in [1.807, 2.05) is 12.1 Å². The second-order valence-corrected chi connectivity index (χ2v) is 6.18. The van der Waals surface area contributed by atoms with E-state index in [1.165, 1.54) is 4.88 Å². The summed E-state index contributed by atoms with van der Waals surface area (Å²) in [6.07, 6.45) is 1.79. The van der Waals surface area contributed by atoms with Gasteiger partial charge in [-0.05, 0) is 23.9 Å². The zero-order chi connectivity index (χ0) is 16.5. The molecule has 132 valence electrons. The van der Waals surface area contributed by atoms with Gasteiger partial charge in [0.25, 0.3) is 0 Å². The minimum atomic E-state index is 0. The van der Waals surface area contributed by atoms with E-state index in [2.05, 4.69) is 52.0 Å². The lowest BCUT2D eigenvalue weighted by molar-refractivity contribution is 0.397. The van der Waals surface area contributed by atoms with E-state index < -0.39 is 0 Å². The van der Waals surface area contributed by atoms with Crippen LogP contribution in [0.25, 0.3) is 0 Å². The van der Waals surface area contributed by atoms with Crippen LogP contribution in [0.4, 0.5) is 0 Å². The van der Waals surface area contributed by atoms with Crippen LogP contribution >= 0.6 is 35.3 Å². The minimum Gasteiger partial charge on any atom is -0.481 e. The molecule has 7 heteroatoms. The monoisotopic (exact) mass is 460 g/mol. The molecule has 0 aliphatic carbocycles. The second kappa shape index (κ2) is 11.2. The topological polar surface area (TPSA) is 58.5 Å². The van der Waals surface area contributed by atoms with Crippen molar-refractivity contribution in [1.82, 2.24) is 15.6 Å². The SMILES string of the molecule is CCNC(=NCc1ccc(OC)nc1)NCC(C)c1cccs1.I. The first-order valence-corrected chi connectivity index (χ1v) is 8.65. The number of halogens is 1. The van der Waals surface area contributed by atoms with Crippen LogP contribution in [0.1, 0.15) is 30.2 Å². The molecule has 2 heterocycles. The molecule has 0 aliphatic rings. The van der Waals surface area contributed by atoms with Crippen molar-refractivity contribution in [2.24, 2.45) is 4.99 Å². The Morgan fingerprint density at radius 3 is 2.75 bits per heavy atom. The highest BCUT2D eigenvalue weighted by Gasteiger charge is 2.07. The summed E-state index contributed by atoms with van der Waals surface area (Å²) in [6.45, 7) is 6.55. The number of aliphatic imine (C=N–C) groups is 1. The van der Waals surface area contributed by atoms with Crippen molar-refractivity contribution >= 4 is 41.3 Å². The number of rotatable bonds is 7. The first kappa shape index (κ1) is 20.7. The number of hydrogen-bond donors (Lipinski definition) is 2. The van der Waals surface area contributed by atoms with Crippen molar-refractivity contribution < 1.29 is 4.74 Å². The number of guanidine groups is 1. The van der Waals surface area contributed by atoms with Gasteiger partial charge >= 0.3 is 0 Å². The molecule has 0 amide bonds. The van der Waals surface area contributed by atoms with Crippen LogP contribution in [-0.2, 0) is 6.54 Å². The smallest absolute Gasteiger partial charge is 0.212 e. The zero-order valence-corrected chi connectivity index (χ0v) is 17.4. The third-order valence-electron chi connectivity index (χ3n) is 3.38. The fourth-order valence-electron chi connectivity index (χ4n) is 2.06. The lowest BCUT2D eigenvalue weighted by Crippen LogP contribution is -2.39. The molecule has 5 nitrogen and oxygen atoms in total. The molecule has 0 aliphatic heterocycles. The van der Waals surface area contributed by atoms with Gasteiger partial charge in [0.05, 0.1) is 13.7 Å². The van der Waals surface area contributed by atoms with Crippen LogP contribution in [0.15, 0.2) is 40.8 Å². The molecule has 0 saturated heterocycles. The number of methoxy groups -OCH3 is 1. The Morgan fingerprint density at radius 1 is 1.33 bits per heavy atom. The first-order valence-electron chi connectivity index (χ1n) is 7.77. The first-order chi connectivity index (χ1) is 11.2. The maximum atomic E-state index is 5.06. The van der Waals surface area contributed by atoms with E-state index in [-0.39, 0.29) is 24.0 Å². The summed E-state index contributed by atoms with van der Waals surface area (Å²) in [7, 11) is 1.61. The average molecular weight is 460 g/mol. The molecule has 2 rings (SSSR count). The Kier molecular flexibility index (Phi) is 9.70. The minimum absolute atomic E-state index is 0. The number of nitrogens with zero attached hydrogens (tertiary/aromatic N) is 2. The lowest BCUT2D eigenvalue weighted by atomic mass is 10.1. The predicted octanol–water partition coefficient (Wildman–Crippen LogP) is 3.63. The van der Waals surface area contributed by atoms with E-state index in [0.717, 1.165) is 24.6 Å². The van der Waals surface area contributed by atoms with Crippen LogP contribution in [0.3, 0.4) is 0 Å². The molecule has 24 heavy (non-hydrogen) atoms. The highest BCUT2D eigenvalue weighted by Crippen LogP contribution is 2.19. The number of pyridine rings is 1. The van der Waals surface area contributed by atoms with Crippen LogP contribution in [0.2, 0.25) is 0 Å². The zero-order valence-electron chi connectivity index (χ0n) is 14.3. The molecular formula is C17H25IN4OS. The highest BCUT2D eigenvalue weighted by molar-refractivity contribution is 14.0. The molecule has 2 aromatic heterocycles. The Balaban J connectivity index is 0.00000288. The van der Waals surface area contributed by atoms with Gasteiger partial charge in [0.2, 0.25) is 5.88 Å². The molecule has 0 spiro atoms. The van der Waals surface area contributed by atoms with E-state index in [1.54, 1.807) is 24.6 Å². The lowest BCUT2D eigenvalue weighted by Gasteiger charge is -2.15. The maximum Gasteiger partial charge on any atom is 0.212 e. The van der Waals surface area contributed by atoms with E-state index in [0.29, 0.717) is 18.3 Å². The van der Waals surface area contributed by atoms with Gasteiger partial charge in [-0.3, -0.25) is 0 Å². The third kappa shape index (κ3) is 6.64. The Morgan fingerprint density at radius 2 is 2.17 bits per heavy atom. The van der Waals surface area contributed by atoms with Gasteiger partial charge in [-0.1, -0.05) is 19.1 Å². The summed E-state index contributed by atoms with van der Waals surface area (Å²) in [5.41, 5.74) is 1.05. The van der Waals surface area contributed by atoms with Crippen molar-refractivity contribution in [2.75, 3.05) is 20.2 Å². The van der Waals surface area contributed by atoms with Crippen LogP contribution < -0.4 is 15.4 Å². The maximum absolute atomic E-state index is 5.06. The number of nitrogens with one attached hydrogen (secondary N) is 2. The molecule has 2 aromatic rings. The highest BCUT2D eigenvalue weighted by atomic mass is 127. The fourth-order valence-corrected chi connectivity index (χ4v) is 2.85. The van der Waals surface area contributed by atoms with Crippen LogP contribution in [0.5, 0.6) is 5.88 Å². The molecular weight excluding hydrogens is 435 g/mol. The molecule has 0 saturated carbocycles. The Labute approximate surface area is 165 Å². The van der Waals surface area contributed by atoms with Gasteiger partial charge < -0.3 is 15.4 Å². The number of aromatic nitrogens is 1. The van der Waals surface area contributed by atoms with Gasteiger partial charge in [0.15, 0.2) is 5.96 Å². The fraction of sp³-hybridized carbons (Fsp3) is 0.412. The average Bonchev–Trinajstić information content (AvgIpc) is 3.12.